The molecule has 266 valence electrons. The molecule has 50 heavy (non-hydrogen) atoms. The number of carbonyl (C=O) groups is 2. The topological polar surface area (TPSA) is 124 Å². The molecular formula is C37H41Cl2N3O7S. The van der Waals surface area contributed by atoms with Crippen molar-refractivity contribution in [1.29, 1.82) is 0 Å². The summed E-state index contributed by atoms with van der Waals surface area (Å²) in [4.78, 5) is 29.4. The minimum absolute atomic E-state index is 0.0215. The average Bonchev–Trinajstić information content (AvgIpc) is 3.54. The van der Waals surface area contributed by atoms with Crippen LogP contribution in [-0.2, 0) is 28.0 Å². The number of thiophene rings is 1. The van der Waals surface area contributed by atoms with Crippen LogP contribution < -0.4 is 24.6 Å². The molecule has 4 aromatic rings. The van der Waals surface area contributed by atoms with Gasteiger partial charge < -0.3 is 29.0 Å². The van der Waals surface area contributed by atoms with E-state index >= 15 is 0 Å². The van der Waals surface area contributed by atoms with Crippen molar-refractivity contribution in [2.75, 3.05) is 41.0 Å². The largest absolute Gasteiger partial charge is 0.544 e. The Bertz CT molecular complexity index is 1790. The molecule has 0 bridgehead atoms. The Balaban J connectivity index is 1.49. The number of aromatic carboxylic acids is 1. The van der Waals surface area contributed by atoms with E-state index in [2.05, 4.69) is 17.3 Å². The van der Waals surface area contributed by atoms with Gasteiger partial charge in [-0.05, 0) is 87.1 Å². The summed E-state index contributed by atoms with van der Waals surface area (Å²) < 4.78 is 17.7. The van der Waals surface area contributed by atoms with Crippen molar-refractivity contribution in [3.05, 3.63) is 109 Å². The molecule has 2 aromatic heterocycles. The van der Waals surface area contributed by atoms with Crippen molar-refractivity contribution in [2.24, 2.45) is 5.92 Å². The van der Waals surface area contributed by atoms with Gasteiger partial charge in [-0.2, -0.15) is 0 Å². The van der Waals surface area contributed by atoms with Crippen LogP contribution in [0.25, 0.3) is 0 Å². The van der Waals surface area contributed by atoms with Gasteiger partial charge in [0.2, 0.25) is 12.4 Å². The standard InChI is InChI=1S/C37H41Cl2N3O7S/c1-37(25-8-6-5-7-9-25,36(45)49-22-23-12-14-41(2)15-13-23)40-19-26-17-28(34(50-26)35(43)44)27(18-29-30(38)20-42(46)21-31(29)39)24-10-11-32(47-3)33(16-24)48-4/h5-11,16-17,20-21,23,27,40H,12-15,18-19,22H2,1-4H3,(H-,43,44,46)/t27-,37?/m0/s1. The Hall–Kier alpha value is -3.87. The lowest BCUT2D eigenvalue weighted by atomic mass is 9.85. The molecule has 1 unspecified atom stereocenters. The molecule has 0 aliphatic carbocycles. The second-order valence-corrected chi connectivity index (χ2v) is 14.6. The fraction of sp³-hybridized carbons (Fsp3) is 0.378. The zero-order valence-electron chi connectivity index (χ0n) is 28.4. The Morgan fingerprint density at radius 2 is 1.72 bits per heavy atom. The van der Waals surface area contributed by atoms with E-state index in [9.17, 15) is 19.9 Å². The highest BCUT2D eigenvalue weighted by Crippen LogP contribution is 2.41. The monoisotopic (exact) mass is 741 g/mol. The number of methoxy groups -OCH3 is 2. The summed E-state index contributed by atoms with van der Waals surface area (Å²) in [5.41, 5.74) is 1.20. The zero-order chi connectivity index (χ0) is 36.0. The number of nitrogens with zero attached hydrogens (tertiary/aromatic N) is 2. The lowest BCUT2D eigenvalue weighted by Crippen LogP contribution is -2.47. The number of hydrogen-bond acceptors (Lipinski definition) is 10. The molecule has 2 aromatic carbocycles. The molecule has 0 amide bonds. The van der Waals surface area contributed by atoms with Gasteiger partial charge in [-0.3, -0.25) is 10.5 Å². The quantitative estimate of drug-likeness (QED) is 0.102. The third-order valence-corrected chi connectivity index (χ3v) is 11.1. The highest BCUT2D eigenvalue weighted by Gasteiger charge is 2.37. The number of aromatic nitrogens is 1. The molecule has 1 aliphatic rings. The number of carbonyl (C=O) groups excluding carboxylic acids is 2. The summed E-state index contributed by atoms with van der Waals surface area (Å²) in [5, 5.41) is 26.5. The molecule has 0 radical (unpaired) electrons. The summed E-state index contributed by atoms with van der Waals surface area (Å²) in [6.07, 6.45) is 4.73. The number of rotatable bonds is 14. The van der Waals surface area contributed by atoms with Crippen LogP contribution in [0.15, 0.2) is 67.0 Å². The molecule has 0 saturated carbocycles. The van der Waals surface area contributed by atoms with Gasteiger partial charge in [0, 0.05) is 27.6 Å². The van der Waals surface area contributed by atoms with E-state index in [1.54, 1.807) is 25.1 Å². The molecule has 10 nitrogen and oxygen atoms in total. The number of benzene rings is 2. The second-order valence-electron chi connectivity index (χ2n) is 12.7. The summed E-state index contributed by atoms with van der Waals surface area (Å²) in [7, 11) is 5.14. The van der Waals surface area contributed by atoms with Crippen molar-refractivity contribution >= 4 is 46.5 Å². The lowest BCUT2D eigenvalue weighted by molar-refractivity contribution is -0.904. The molecule has 0 spiro atoms. The van der Waals surface area contributed by atoms with Crippen LogP contribution in [0.1, 0.15) is 62.5 Å². The summed E-state index contributed by atoms with van der Waals surface area (Å²) >= 11 is 14.2. The first-order chi connectivity index (χ1) is 23.9. The SMILES string of the molecule is COc1ccc([C@H](Cc2c(Cl)c[n+](O)cc2Cl)c2cc(CNC(C)(C(=O)OCC3CCN(C)CC3)c3ccccc3)sc2C(=O)[O-])cc1OC. The minimum atomic E-state index is -1.34. The van der Waals surface area contributed by atoms with Crippen LogP contribution in [-0.4, -0.2) is 63.0 Å². The average molecular weight is 743 g/mol. The van der Waals surface area contributed by atoms with Gasteiger partial charge in [-0.1, -0.05) is 59.6 Å². The molecule has 2 atom stereocenters. The number of piperidine rings is 1. The van der Waals surface area contributed by atoms with E-state index in [0.29, 0.717) is 45.6 Å². The molecule has 1 fully saturated rings. The second kappa shape index (κ2) is 16.4. The van der Waals surface area contributed by atoms with Crippen molar-refractivity contribution in [1.82, 2.24) is 10.2 Å². The zero-order valence-corrected chi connectivity index (χ0v) is 30.7. The van der Waals surface area contributed by atoms with Crippen LogP contribution in [0, 0.1) is 5.92 Å². The van der Waals surface area contributed by atoms with Crippen molar-refractivity contribution in [3.63, 3.8) is 0 Å². The first-order valence-corrected chi connectivity index (χ1v) is 17.8. The Morgan fingerprint density at radius 3 is 2.34 bits per heavy atom. The van der Waals surface area contributed by atoms with Gasteiger partial charge in [-0.25, -0.2) is 4.79 Å². The van der Waals surface area contributed by atoms with Crippen LogP contribution in [0.4, 0.5) is 0 Å². The normalized spacial score (nSPS) is 15.6. The number of halogens is 2. The van der Waals surface area contributed by atoms with E-state index in [1.165, 1.54) is 26.6 Å². The number of hydrogen-bond donors (Lipinski definition) is 2. The lowest BCUT2D eigenvalue weighted by Gasteiger charge is -2.32. The maximum atomic E-state index is 13.8. The Kier molecular flexibility index (Phi) is 12.3. The molecule has 13 heteroatoms. The molecular weight excluding hydrogens is 701 g/mol. The molecule has 1 aliphatic heterocycles. The van der Waals surface area contributed by atoms with Crippen LogP contribution in [0.5, 0.6) is 11.5 Å². The van der Waals surface area contributed by atoms with Gasteiger partial charge in [0.15, 0.2) is 11.5 Å². The fourth-order valence-electron chi connectivity index (χ4n) is 6.27. The smallest absolute Gasteiger partial charge is 0.330 e. The van der Waals surface area contributed by atoms with E-state index < -0.39 is 23.4 Å². The molecule has 5 rings (SSSR count). The molecule has 3 heterocycles. The Morgan fingerprint density at radius 1 is 1.06 bits per heavy atom. The van der Waals surface area contributed by atoms with Gasteiger partial charge in [-0.15, -0.1) is 11.3 Å². The van der Waals surface area contributed by atoms with Crippen molar-refractivity contribution in [3.8, 4) is 11.5 Å². The number of esters is 1. The third-order valence-electron chi connectivity index (χ3n) is 9.32. The first kappa shape index (κ1) is 37.4. The number of pyridine rings is 1. The van der Waals surface area contributed by atoms with E-state index in [4.69, 9.17) is 37.4 Å². The summed E-state index contributed by atoms with van der Waals surface area (Å²) in [5.74, 6) is -1.08. The highest BCUT2D eigenvalue weighted by molar-refractivity contribution is 7.14. The van der Waals surface area contributed by atoms with Crippen molar-refractivity contribution < 1.29 is 38.8 Å². The highest BCUT2D eigenvalue weighted by atomic mass is 35.5. The number of likely N-dealkylation sites (tertiary alicyclic amines) is 1. The summed E-state index contributed by atoms with van der Waals surface area (Å²) in [6.45, 7) is 4.21. The maximum absolute atomic E-state index is 13.8. The molecule has 2 N–H and O–H groups in total. The minimum Gasteiger partial charge on any atom is -0.544 e. The fourth-order valence-corrected chi connectivity index (χ4v) is 7.87. The van der Waals surface area contributed by atoms with E-state index in [1.807, 2.05) is 36.4 Å². The van der Waals surface area contributed by atoms with Gasteiger partial charge in [0.05, 0.1) is 31.7 Å². The molecule has 1 saturated heterocycles. The summed E-state index contributed by atoms with van der Waals surface area (Å²) in [6, 6.07) is 16.5. The van der Waals surface area contributed by atoms with Gasteiger partial charge in [0.1, 0.15) is 15.6 Å². The first-order valence-electron chi connectivity index (χ1n) is 16.2. The van der Waals surface area contributed by atoms with E-state index in [-0.39, 0.29) is 27.9 Å². The van der Waals surface area contributed by atoms with Crippen LogP contribution in [0.3, 0.4) is 0 Å². The number of nitrogens with one attached hydrogen (secondary N) is 1. The number of carboxylic acid groups (broad SMARTS) is 1. The van der Waals surface area contributed by atoms with Crippen LogP contribution in [0.2, 0.25) is 10.0 Å². The number of carboxylic acids is 1. The van der Waals surface area contributed by atoms with E-state index in [0.717, 1.165) is 47.6 Å². The maximum Gasteiger partial charge on any atom is 0.330 e. The Labute approximate surface area is 306 Å². The predicted molar refractivity (Wildman–Crippen MR) is 189 cm³/mol. The van der Waals surface area contributed by atoms with Crippen molar-refractivity contribution in [2.45, 2.75) is 44.2 Å². The van der Waals surface area contributed by atoms with Gasteiger partial charge >= 0.3 is 5.97 Å². The van der Waals surface area contributed by atoms with Gasteiger partial charge in [0.25, 0.3) is 0 Å². The van der Waals surface area contributed by atoms with Crippen LogP contribution >= 0.6 is 34.5 Å². The third kappa shape index (κ3) is 8.52. The predicted octanol–water partition coefficient (Wildman–Crippen LogP) is 5.23. The number of ether oxygens (including phenoxy) is 3.